The van der Waals surface area contributed by atoms with Crippen LogP contribution in [0.25, 0.3) is 10.2 Å². The smallest absolute Gasteiger partial charge is 0.330 e. The van der Waals surface area contributed by atoms with E-state index >= 15 is 0 Å². The lowest BCUT2D eigenvalue weighted by Gasteiger charge is -2.32. The molecule has 0 spiro atoms. The topological polar surface area (TPSA) is 113 Å². The second-order valence-electron chi connectivity index (χ2n) is 19.0. The number of para-hydroxylation sites is 1. The van der Waals surface area contributed by atoms with Gasteiger partial charge >= 0.3 is 11.9 Å². The second-order valence-corrected chi connectivity index (χ2v) is 20.3. The van der Waals surface area contributed by atoms with Crippen LogP contribution in [0.3, 0.4) is 0 Å². The van der Waals surface area contributed by atoms with Gasteiger partial charge in [0.05, 0.1) is 40.5 Å². The molecule has 2 saturated carbocycles. The summed E-state index contributed by atoms with van der Waals surface area (Å²) in [5.74, 6) is 2.26. The standard InChI is InChI=1S/C25H35NO3.C17H24O4.C8H7NS.C7H16/c1-3-4-18-5-9-20(10-6-18)22-13-14-24(23(15-22)16-26-2)29-25(28)21-11-7-19(17-27)8-12-21;1-7-15(18)21-16(2,3)12-20-17(4,5)13-8-10-14(19-6)11-9-13;1-6-9-7-4-2-3-5-8(7)10-6;1-3-5-7-6-4-2/h13-21H,3-12H2,1-2H3;7-11H,1,12H2,2-6H3;2-5H,1H3;3-7H2,1-2H3. The Kier molecular flexibility index (Phi) is 25.3. The van der Waals surface area contributed by atoms with Gasteiger partial charge in [-0.25, -0.2) is 9.78 Å². The Bertz CT molecular complexity index is 2050. The van der Waals surface area contributed by atoms with Gasteiger partial charge in [0.1, 0.15) is 23.4 Å². The van der Waals surface area contributed by atoms with Crippen molar-refractivity contribution in [3.05, 3.63) is 101 Å². The summed E-state index contributed by atoms with van der Waals surface area (Å²) in [6.07, 6.45) is 21.8. The molecule has 0 aliphatic heterocycles. The summed E-state index contributed by atoms with van der Waals surface area (Å²) in [5, 5.41) is 1.14. The van der Waals surface area contributed by atoms with E-state index in [9.17, 15) is 14.4 Å². The number of esters is 2. The summed E-state index contributed by atoms with van der Waals surface area (Å²) in [4.78, 5) is 43.4. The Labute approximate surface area is 407 Å². The van der Waals surface area contributed by atoms with Crippen molar-refractivity contribution in [2.45, 2.75) is 169 Å². The lowest BCUT2D eigenvalue weighted by molar-refractivity contribution is -0.163. The minimum atomic E-state index is -0.713. The molecule has 2 aliphatic rings. The highest BCUT2D eigenvalue weighted by Gasteiger charge is 2.30. The van der Waals surface area contributed by atoms with Crippen molar-refractivity contribution >= 4 is 46.0 Å². The molecule has 0 amide bonds. The zero-order valence-electron chi connectivity index (χ0n) is 42.6. The molecule has 1 aromatic heterocycles. The number of hydrogen-bond acceptors (Lipinski definition) is 10. The van der Waals surface area contributed by atoms with Gasteiger partial charge in [0.2, 0.25) is 0 Å². The van der Waals surface area contributed by atoms with Crippen LogP contribution >= 0.6 is 11.3 Å². The molecule has 6 rings (SSSR count). The van der Waals surface area contributed by atoms with E-state index in [0.29, 0.717) is 11.7 Å². The number of aromatic nitrogens is 1. The number of nitrogens with zero attached hydrogens (tertiary/aromatic N) is 2. The summed E-state index contributed by atoms with van der Waals surface area (Å²) in [6, 6.07) is 22.1. The fraction of sp³-hybridized carbons (Fsp3) is 0.561. The third-order valence-electron chi connectivity index (χ3n) is 12.5. The Morgan fingerprint density at radius 2 is 1.51 bits per heavy atom. The average molecular weight is 939 g/mol. The first-order chi connectivity index (χ1) is 32.1. The molecule has 368 valence electrons. The molecular formula is C57H82N2O7S. The van der Waals surface area contributed by atoms with Crippen molar-refractivity contribution in [2.75, 3.05) is 20.8 Å². The van der Waals surface area contributed by atoms with Gasteiger partial charge in [0.15, 0.2) is 0 Å². The third-order valence-corrected chi connectivity index (χ3v) is 13.5. The van der Waals surface area contributed by atoms with E-state index in [2.05, 4.69) is 55.5 Å². The van der Waals surface area contributed by atoms with E-state index in [0.717, 1.165) is 71.4 Å². The van der Waals surface area contributed by atoms with Gasteiger partial charge in [-0.3, -0.25) is 9.79 Å². The highest BCUT2D eigenvalue weighted by atomic mass is 32.1. The van der Waals surface area contributed by atoms with Crippen LogP contribution in [0.1, 0.15) is 172 Å². The molecule has 10 heteroatoms. The molecule has 0 radical (unpaired) electrons. The molecule has 67 heavy (non-hydrogen) atoms. The highest BCUT2D eigenvalue weighted by Crippen LogP contribution is 2.39. The van der Waals surface area contributed by atoms with Gasteiger partial charge in [-0.1, -0.05) is 103 Å². The van der Waals surface area contributed by atoms with Crippen LogP contribution in [-0.2, 0) is 29.5 Å². The monoisotopic (exact) mass is 939 g/mol. The molecule has 3 aromatic carbocycles. The molecule has 9 nitrogen and oxygen atoms in total. The SMILES string of the molecule is C=CC(=O)OC(C)(C)COC(C)(C)c1ccc(OC)cc1.CCCC1CCC(c2ccc(OC(=O)C3CCC(C=O)CC3)c(C=NC)c2)CC1.CCCCCCC.Cc1nc2ccccc2s1. The number of aryl methyl sites for hydroxylation is 1. The first-order valence-electron chi connectivity index (χ1n) is 24.8. The Balaban J connectivity index is 0.000000270. The maximum atomic E-state index is 12.6. The van der Waals surface area contributed by atoms with E-state index in [1.54, 1.807) is 45.6 Å². The second kappa shape index (κ2) is 30.0. The maximum absolute atomic E-state index is 12.6. The van der Waals surface area contributed by atoms with E-state index in [-0.39, 0.29) is 24.4 Å². The fourth-order valence-corrected chi connectivity index (χ4v) is 9.29. The van der Waals surface area contributed by atoms with Gasteiger partial charge in [0, 0.05) is 30.8 Å². The van der Waals surface area contributed by atoms with Gasteiger partial charge in [0.25, 0.3) is 0 Å². The van der Waals surface area contributed by atoms with E-state index in [1.807, 2.05) is 69.3 Å². The molecule has 0 atom stereocenters. The summed E-state index contributed by atoms with van der Waals surface area (Å²) in [7, 11) is 3.38. The Morgan fingerprint density at radius 1 is 0.851 bits per heavy atom. The minimum Gasteiger partial charge on any atom is -0.497 e. The molecule has 0 N–H and O–H groups in total. The molecular weight excluding hydrogens is 857 g/mol. The number of aldehydes is 1. The van der Waals surface area contributed by atoms with E-state index in [1.165, 1.54) is 80.9 Å². The maximum Gasteiger partial charge on any atom is 0.330 e. The fourth-order valence-electron chi connectivity index (χ4n) is 8.47. The molecule has 0 saturated heterocycles. The number of unbranched alkanes of at least 4 members (excludes halogenated alkanes) is 4. The Morgan fingerprint density at radius 3 is 2.07 bits per heavy atom. The van der Waals surface area contributed by atoms with Crippen molar-refractivity contribution in [3.63, 3.8) is 0 Å². The van der Waals surface area contributed by atoms with Crippen molar-refractivity contribution in [1.82, 2.24) is 4.98 Å². The summed E-state index contributed by atoms with van der Waals surface area (Å²) < 4.78 is 23.4. The quantitative estimate of drug-likeness (QED) is 0.0242. The van der Waals surface area contributed by atoms with Crippen LogP contribution in [0.2, 0.25) is 0 Å². The van der Waals surface area contributed by atoms with Crippen LogP contribution in [0, 0.1) is 24.7 Å². The van der Waals surface area contributed by atoms with Gasteiger partial charge in [-0.2, -0.15) is 0 Å². The number of ether oxygens (including phenoxy) is 4. The Hall–Kier alpha value is -4.67. The molecule has 0 bridgehead atoms. The first kappa shape index (κ1) is 56.7. The van der Waals surface area contributed by atoms with Crippen LogP contribution in [0.5, 0.6) is 11.5 Å². The lowest BCUT2D eigenvalue weighted by Crippen LogP contribution is -2.36. The van der Waals surface area contributed by atoms with Gasteiger partial charge in [-0.15, -0.1) is 11.3 Å². The lowest BCUT2D eigenvalue weighted by atomic mass is 9.77. The number of rotatable bonds is 18. The van der Waals surface area contributed by atoms with Crippen molar-refractivity contribution < 1.29 is 33.3 Å². The summed E-state index contributed by atoms with van der Waals surface area (Å²) in [6.45, 7) is 20.0. The first-order valence-corrected chi connectivity index (χ1v) is 25.6. The predicted molar refractivity (Wildman–Crippen MR) is 278 cm³/mol. The number of methoxy groups -OCH3 is 1. The van der Waals surface area contributed by atoms with E-state index < -0.39 is 17.2 Å². The van der Waals surface area contributed by atoms with Crippen LogP contribution in [-0.4, -0.2) is 55.8 Å². The summed E-state index contributed by atoms with van der Waals surface area (Å²) >= 11 is 1.74. The van der Waals surface area contributed by atoms with E-state index in [4.69, 9.17) is 18.9 Å². The van der Waals surface area contributed by atoms with Crippen molar-refractivity contribution in [1.29, 1.82) is 0 Å². The highest BCUT2D eigenvalue weighted by molar-refractivity contribution is 7.18. The molecule has 0 unspecified atom stereocenters. The van der Waals surface area contributed by atoms with Crippen LogP contribution < -0.4 is 9.47 Å². The number of thiazole rings is 1. The van der Waals surface area contributed by atoms with Crippen molar-refractivity contribution in [3.8, 4) is 11.5 Å². The zero-order chi connectivity index (χ0) is 49.2. The normalized spacial score (nSPS) is 18.2. The van der Waals surface area contributed by atoms with Crippen molar-refractivity contribution in [2.24, 2.45) is 22.7 Å². The minimum absolute atomic E-state index is 0.105. The molecule has 1 heterocycles. The van der Waals surface area contributed by atoms with Gasteiger partial charge < -0.3 is 23.7 Å². The summed E-state index contributed by atoms with van der Waals surface area (Å²) in [5.41, 5.74) is 3.15. The molecule has 2 fully saturated rings. The number of carbonyl (C=O) groups is 3. The number of aliphatic imine (C=N–C) groups is 1. The average Bonchev–Trinajstić information content (AvgIpc) is 3.73. The number of carbonyl (C=O) groups excluding carboxylic acids is 3. The number of fused-ring (bicyclic) bond motifs is 1. The largest absolute Gasteiger partial charge is 0.497 e. The number of hydrogen-bond donors (Lipinski definition) is 0. The van der Waals surface area contributed by atoms with Crippen LogP contribution in [0.15, 0.2) is 84.4 Å². The predicted octanol–water partition coefficient (Wildman–Crippen LogP) is 14.8. The third kappa shape index (κ3) is 20.2. The molecule has 2 aliphatic carbocycles. The zero-order valence-corrected chi connectivity index (χ0v) is 43.4. The van der Waals surface area contributed by atoms with Gasteiger partial charge in [-0.05, 0) is 145 Å². The van der Waals surface area contributed by atoms with Crippen LogP contribution in [0.4, 0.5) is 0 Å². The molecule has 4 aromatic rings. The number of benzene rings is 3.